The molecule has 2 rings (SSSR count). The molecule has 2 N–H and O–H groups in total. The molecule has 5 nitrogen and oxygen atoms in total. The Bertz CT molecular complexity index is 626. The SMILES string of the molecule is CNCCC(=O)NC(CN1CCCC1=O)c1cccc(C(F)(F)F)c1.Cl. The first kappa shape index (κ1) is 22.2. The Kier molecular flexibility index (Phi) is 8.36. The zero-order chi connectivity index (χ0) is 18.4. The Morgan fingerprint density at radius 3 is 2.65 bits per heavy atom. The van der Waals surface area contributed by atoms with Gasteiger partial charge in [-0.25, -0.2) is 0 Å². The number of hydrogen-bond acceptors (Lipinski definition) is 3. The highest BCUT2D eigenvalue weighted by atomic mass is 35.5. The fourth-order valence-electron chi connectivity index (χ4n) is 2.79. The van der Waals surface area contributed by atoms with Crippen molar-refractivity contribution in [3.05, 3.63) is 35.4 Å². The standard InChI is InChI=1S/C17H22F3N3O2.ClH/c1-21-8-7-15(24)22-14(11-23-9-3-6-16(23)25)12-4-2-5-13(10-12)17(18,19)20;/h2,4-5,10,14,21H,3,6-9,11H2,1H3,(H,22,24);1H. The lowest BCUT2D eigenvalue weighted by Gasteiger charge is -2.26. The van der Waals surface area contributed by atoms with Crippen LogP contribution < -0.4 is 10.6 Å². The van der Waals surface area contributed by atoms with E-state index in [9.17, 15) is 22.8 Å². The van der Waals surface area contributed by atoms with Gasteiger partial charge in [0.15, 0.2) is 0 Å². The smallest absolute Gasteiger partial charge is 0.347 e. The number of likely N-dealkylation sites (tertiary alicyclic amines) is 1. The average molecular weight is 394 g/mol. The highest BCUT2D eigenvalue weighted by molar-refractivity contribution is 5.85. The first-order valence-corrected chi connectivity index (χ1v) is 8.20. The van der Waals surface area contributed by atoms with Crippen LogP contribution in [0.2, 0.25) is 0 Å². The number of nitrogens with one attached hydrogen (secondary N) is 2. The van der Waals surface area contributed by atoms with E-state index in [0.29, 0.717) is 25.1 Å². The maximum absolute atomic E-state index is 13.0. The summed E-state index contributed by atoms with van der Waals surface area (Å²) in [4.78, 5) is 25.5. The van der Waals surface area contributed by atoms with Crippen molar-refractivity contribution in [2.45, 2.75) is 31.5 Å². The fraction of sp³-hybridized carbons (Fsp3) is 0.529. The van der Waals surface area contributed by atoms with Gasteiger partial charge in [-0.3, -0.25) is 9.59 Å². The molecule has 1 aliphatic heterocycles. The summed E-state index contributed by atoms with van der Waals surface area (Å²) in [6, 6.07) is 4.21. The van der Waals surface area contributed by atoms with Gasteiger partial charge in [-0.2, -0.15) is 13.2 Å². The average Bonchev–Trinajstić information content (AvgIpc) is 2.96. The van der Waals surface area contributed by atoms with Crippen LogP contribution in [0.5, 0.6) is 0 Å². The zero-order valence-corrected chi connectivity index (χ0v) is 15.3. The van der Waals surface area contributed by atoms with Crippen molar-refractivity contribution in [1.82, 2.24) is 15.5 Å². The molecule has 26 heavy (non-hydrogen) atoms. The van der Waals surface area contributed by atoms with E-state index in [2.05, 4.69) is 10.6 Å². The summed E-state index contributed by atoms with van der Waals surface area (Å²) in [6.07, 6.45) is -3.09. The molecular formula is C17H23ClF3N3O2. The molecule has 1 saturated heterocycles. The van der Waals surface area contributed by atoms with Gasteiger partial charge in [-0.05, 0) is 31.2 Å². The van der Waals surface area contributed by atoms with E-state index in [1.54, 1.807) is 18.0 Å². The molecule has 1 fully saturated rings. The van der Waals surface area contributed by atoms with Crippen LogP contribution in [-0.4, -0.2) is 43.4 Å². The predicted molar refractivity (Wildman–Crippen MR) is 93.9 cm³/mol. The number of halogens is 4. The number of hydrogen-bond donors (Lipinski definition) is 2. The summed E-state index contributed by atoms with van der Waals surface area (Å²) in [7, 11) is 1.71. The molecule has 0 spiro atoms. The summed E-state index contributed by atoms with van der Waals surface area (Å²) in [6.45, 7) is 1.19. The Hall–Kier alpha value is -1.80. The molecule has 146 valence electrons. The first-order valence-electron chi connectivity index (χ1n) is 8.20. The molecule has 0 bridgehead atoms. The van der Waals surface area contributed by atoms with E-state index in [1.165, 1.54) is 6.07 Å². The van der Waals surface area contributed by atoms with Gasteiger partial charge < -0.3 is 15.5 Å². The van der Waals surface area contributed by atoms with E-state index < -0.39 is 17.8 Å². The minimum atomic E-state index is -4.46. The Balaban J connectivity index is 0.00000338. The number of nitrogens with zero attached hydrogens (tertiary/aromatic N) is 1. The summed E-state index contributed by atoms with van der Waals surface area (Å²) in [5.74, 6) is -0.315. The lowest BCUT2D eigenvalue weighted by molar-refractivity contribution is -0.137. The van der Waals surface area contributed by atoms with E-state index in [-0.39, 0.29) is 37.2 Å². The lowest BCUT2D eigenvalue weighted by atomic mass is 10.0. The van der Waals surface area contributed by atoms with E-state index in [0.717, 1.165) is 18.6 Å². The van der Waals surface area contributed by atoms with E-state index in [1.807, 2.05) is 0 Å². The van der Waals surface area contributed by atoms with Gasteiger partial charge in [0.2, 0.25) is 11.8 Å². The maximum Gasteiger partial charge on any atom is 0.416 e. The number of alkyl halides is 3. The van der Waals surface area contributed by atoms with Crippen LogP contribution in [0.25, 0.3) is 0 Å². The number of carbonyl (C=O) groups is 2. The Morgan fingerprint density at radius 1 is 1.35 bits per heavy atom. The first-order chi connectivity index (χ1) is 11.8. The van der Waals surface area contributed by atoms with E-state index >= 15 is 0 Å². The highest BCUT2D eigenvalue weighted by Crippen LogP contribution is 2.31. The minimum absolute atomic E-state index is 0. The molecule has 0 aromatic heterocycles. The molecule has 9 heteroatoms. The molecule has 0 aliphatic carbocycles. The van der Waals surface area contributed by atoms with Crippen molar-refractivity contribution in [1.29, 1.82) is 0 Å². The summed E-state index contributed by atoms with van der Waals surface area (Å²) in [5.41, 5.74) is -0.431. The van der Waals surface area contributed by atoms with E-state index in [4.69, 9.17) is 0 Å². The van der Waals surface area contributed by atoms with Gasteiger partial charge >= 0.3 is 6.18 Å². The van der Waals surface area contributed by atoms with Gasteiger partial charge in [-0.1, -0.05) is 12.1 Å². The normalized spacial score (nSPS) is 15.5. The molecule has 1 unspecified atom stereocenters. The van der Waals surface area contributed by atoms with Crippen LogP contribution in [0.3, 0.4) is 0 Å². The molecule has 2 amide bonds. The highest BCUT2D eigenvalue weighted by Gasteiger charge is 2.32. The third-order valence-corrected chi connectivity index (χ3v) is 4.13. The third-order valence-electron chi connectivity index (χ3n) is 4.13. The second-order valence-electron chi connectivity index (χ2n) is 6.04. The molecular weight excluding hydrogens is 371 g/mol. The van der Waals surface area contributed by atoms with Gasteiger partial charge in [0.1, 0.15) is 0 Å². The van der Waals surface area contributed by atoms with Crippen molar-refractivity contribution in [3.63, 3.8) is 0 Å². The fourth-order valence-corrected chi connectivity index (χ4v) is 2.79. The Labute approximate surface area is 156 Å². The predicted octanol–water partition coefficient (Wildman–Crippen LogP) is 2.52. The number of amides is 2. The van der Waals surface area contributed by atoms with Crippen molar-refractivity contribution >= 4 is 24.2 Å². The van der Waals surface area contributed by atoms with Crippen molar-refractivity contribution in [2.75, 3.05) is 26.7 Å². The largest absolute Gasteiger partial charge is 0.416 e. The Morgan fingerprint density at radius 2 is 2.08 bits per heavy atom. The van der Waals surface area contributed by atoms with Gasteiger partial charge in [0.25, 0.3) is 0 Å². The maximum atomic E-state index is 13.0. The van der Waals surface area contributed by atoms with Gasteiger partial charge in [0, 0.05) is 32.5 Å². The molecule has 1 aromatic carbocycles. The topological polar surface area (TPSA) is 61.4 Å². The van der Waals surface area contributed by atoms with Crippen molar-refractivity contribution in [2.24, 2.45) is 0 Å². The molecule has 0 saturated carbocycles. The molecule has 1 aliphatic rings. The van der Waals surface area contributed by atoms with Gasteiger partial charge in [0.05, 0.1) is 11.6 Å². The molecule has 0 radical (unpaired) electrons. The zero-order valence-electron chi connectivity index (χ0n) is 14.4. The quantitative estimate of drug-likeness (QED) is 0.748. The summed E-state index contributed by atoms with van der Waals surface area (Å²) >= 11 is 0. The third kappa shape index (κ3) is 6.17. The van der Waals surface area contributed by atoms with Crippen LogP contribution in [0.15, 0.2) is 24.3 Å². The monoisotopic (exact) mass is 393 g/mol. The minimum Gasteiger partial charge on any atom is -0.347 e. The van der Waals surface area contributed by atoms with Crippen LogP contribution in [0.4, 0.5) is 13.2 Å². The number of benzene rings is 1. The molecule has 1 aromatic rings. The lowest BCUT2D eigenvalue weighted by Crippen LogP contribution is -2.39. The van der Waals surface area contributed by atoms with Crippen LogP contribution in [-0.2, 0) is 15.8 Å². The molecule has 1 atom stereocenters. The number of carbonyl (C=O) groups excluding carboxylic acids is 2. The van der Waals surface area contributed by atoms with Crippen LogP contribution in [0, 0.1) is 0 Å². The van der Waals surface area contributed by atoms with Crippen molar-refractivity contribution in [3.8, 4) is 0 Å². The van der Waals surface area contributed by atoms with Crippen LogP contribution in [0.1, 0.15) is 36.4 Å². The van der Waals surface area contributed by atoms with Gasteiger partial charge in [-0.15, -0.1) is 12.4 Å². The number of rotatable bonds is 7. The second-order valence-corrected chi connectivity index (χ2v) is 6.04. The summed E-state index contributed by atoms with van der Waals surface area (Å²) < 4.78 is 38.9. The second kappa shape index (κ2) is 9.78. The molecule has 1 heterocycles. The summed E-state index contributed by atoms with van der Waals surface area (Å²) in [5, 5.41) is 5.60. The van der Waals surface area contributed by atoms with Crippen LogP contribution >= 0.6 is 12.4 Å². The van der Waals surface area contributed by atoms with Crippen molar-refractivity contribution < 1.29 is 22.8 Å².